The number of unbranched alkanes of at least 4 members (excludes halogenated alkanes) is 1. The summed E-state index contributed by atoms with van der Waals surface area (Å²) in [5, 5.41) is 5.28. The molecule has 1 saturated heterocycles. The Morgan fingerprint density at radius 2 is 1.78 bits per heavy atom. The molecule has 1 aliphatic rings. The molecule has 2 N–H and O–H groups in total. The fourth-order valence-corrected chi connectivity index (χ4v) is 3.05. The Morgan fingerprint density at radius 3 is 2.33 bits per heavy atom. The van der Waals surface area contributed by atoms with E-state index in [2.05, 4.69) is 36.0 Å². The lowest BCUT2D eigenvalue weighted by Crippen LogP contribution is -2.58. The maximum absolute atomic E-state index is 12.6. The molecule has 7 nitrogen and oxygen atoms in total. The van der Waals surface area contributed by atoms with E-state index in [4.69, 9.17) is 0 Å². The van der Waals surface area contributed by atoms with Crippen LogP contribution in [0, 0.1) is 5.92 Å². The number of urea groups is 1. The molecule has 1 atom stereocenters. The molecule has 0 radical (unpaired) electrons. The summed E-state index contributed by atoms with van der Waals surface area (Å²) in [7, 11) is 0. The molecule has 0 aromatic heterocycles. The molecular weight excluding hydrogens is 344 g/mol. The van der Waals surface area contributed by atoms with Gasteiger partial charge in [-0.05, 0) is 44.5 Å². The third-order valence-electron chi connectivity index (χ3n) is 4.63. The van der Waals surface area contributed by atoms with E-state index >= 15 is 0 Å². The zero-order chi connectivity index (χ0) is 20.0. The van der Waals surface area contributed by atoms with Gasteiger partial charge in [-0.15, -0.1) is 0 Å². The van der Waals surface area contributed by atoms with E-state index in [0.717, 1.165) is 35.8 Å². The van der Waals surface area contributed by atoms with Crippen LogP contribution in [0.2, 0.25) is 0 Å². The molecule has 4 amide bonds. The summed E-state index contributed by atoms with van der Waals surface area (Å²) < 4.78 is 0. The number of barbiturate groups is 1. The molecule has 0 aliphatic carbocycles. The SMILES string of the molecule is C=C(Nc1ccc(N(CC)CC)cc1)[C@H]1C(=O)NC(=O)N(CCCC)C1=O. The Bertz CT molecular complexity index is 710. The average molecular weight is 372 g/mol. The van der Waals surface area contributed by atoms with Crippen molar-refractivity contribution in [2.45, 2.75) is 33.6 Å². The molecule has 0 saturated carbocycles. The first kappa shape index (κ1) is 20.5. The van der Waals surface area contributed by atoms with E-state index in [-0.39, 0.29) is 12.2 Å². The van der Waals surface area contributed by atoms with Crippen molar-refractivity contribution in [3.05, 3.63) is 36.5 Å². The Morgan fingerprint density at radius 1 is 1.15 bits per heavy atom. The second-order valence-electron chi connectivity index (χ2n) is 6.44. The van der Waals surface area contributed by atoms with Crippen LogP contribution in [0.15, 0.2) is 36.5 Å². The number of rotatable bonds is 9. The number of amides is 4. The van der Waals surface area contributed by atoms with Crippen molar-refractivity contribution < 1.29 is 14.4 Å². The molecule has 1 aromatic rings. The third kappa shape index (κ3) is 4.67. The molecule has 27 heavy (non-hydrogen) atoms. The predicted molar refractivity (Wildman–Crippen MR) is 106 cm³/mol. The van der Waals surface area contributed by atoms with Crippen LogP contribution in [0.1, 0.15) is 33.6 Å². The highest BCUT2D eigenvalue weighted by atomic mass is 16.2. The second-order valence-corrected chi connectivity index (χ2v) is 6.44. The standard InChI is InChI=1S/C20H28N4O3/c1-5-8-13-24-19(26)17(18(25)22-20(24)27)14(4)21-15-9-11-16(12-10-15)23(6-2)7-3/h9-12,17,21H,4-8,13H2,1-3H3,(H,22,25,27)/t17-/m0/s1. The smallest absolute Gasteiger partial charge is 0.330 e. The monoisotopic (exact) mass is 372 g/mol. The highest BCUT2D eigenvalue weighted by molar-refractivity contribution is 6.17. The summed E-state index contributed by atoms with van der Waals surface area (Å²) in [4.78, 5) is 40.1. The summed E-state index contributed by atoms with van der Waals surface area (Å²) in [6.07, 6.45) is 1.53. The number of carbonyl (C=O) groups excluding carboxylic acids is 3. The zero-order valence-corrected chi connectivity index (χ0v) is 16.2. The molecule has 7 heteroatoms. The first-order valence-electron chi connectivity index (χ1n) is 9.39. The van der Waals surface area contributed by atoms with Gasteiger partial charge in [0.1, 0.15) is 0 Å². The van der Waals surface area contributed by atoms with Gasteiger partial charge in [0.15, 0.2) is 5.92 Å². The van der Waals surface area contributed by atoms with Crippen molar-refractivity contribution in [1.29, 1.82) is 0 Å². The van der Waals surface area contributed by atoms with E-state index in [9.17, 15) is 14.4 Å². The lowest BCUT2D eigenvalue weighted by molar-refractivity contribution is -0.140. The second kappa shape index (κ2) is 9.21. The van der Waals surface area contributed by atoms with Gasteiger partial charge in [-0.25, -0.2) is 4.79 Å². The van der Waals surface area contributed by atoms with Crippen LogP contribution < -0.4 is 15.5 Å². The average Bonchev–Trinajstić information content (AvgIpc) is 2.63. The molecule has 0 bridgehead atoms. The van der Waals surface area contributed by atoms with Crippen LogP contribution in [-0.4, -0.2) is 42.4 Å². The quantitative estimate of drug-likeness (QED) is 0.651. The summed E-state index contributed by atoms with van der Waals surface area (Å²) in [5.41, 5.74) is 2.08. The van der Waals surface area contributed by atoms with Gasteiger partial charge in [0.05, 0.1) is 0 Å². The summed E-state index contributed by atoms with van der Waals surface area (Å²) in [6, 6.07) is 7.05. The Balaban J connectivity index is 2.10. The highest BCUT2D eigenvalue weighted by Crippen LogP contribution is 2.23. The molecular formula is C20H28N4O3. The van der Waals surface area contributed by atoms with Crippen molar-refractivity contribution in [1.82, 2.24) is 10.2 Å². The minimum atomic E-state index is -1.12. The molecule has 1 aliphatic heterocycles. The minimum Gasteiger partial charge on any atom is -0.372 e. The number of carbonyl (C=O) groups is 3. The lowest BCUT2D eigenvalue weighted by atomic mass is 10.0. The van der Waals surface area contributed by atoms with Crippen LogP contribution >= 0.6 is 0 Å². The van der Waals surface area contributed by atoms with E-state index in [1.807, 2.05) is 31.2 Å². The Kier molecular flexibility index (Phi) is 6.98. The van der Waals surface area contributed by atoms with Crippen molar-refractivity contribution in [3.63, 3.8) is 0 Å². The van der Waals surface area contributed by atoms with Crippen LogP contribution in [0.25, 0.3) is 0 Å². The van der Waals surface area contributed by atoms with Crippen molar-refractivity contribution >= 4 is 29.2 Å². The van der Waals surface area contributed by atoms with Gasteiger partial charge in [-0.3, -0.25) is 19.8 Å². The topological polar surface area (TPSA) is 81.8 Å². The van der Waals surface area contributed by atoms with Crippen molar-refractivity contribution in [3.8, 4) is 0 Å². The van der Waals surface area contributed by atoms with E-state index < -0.39 is 23.8 Å². The van der Waals surface area contributed by atoms with Crippen LogP contribution in [0.4, 0.5) is 16.2 Å². The number of hydrogen-bond donors (Lipinski definition) is 2. The van der Waals surface area contributed by atoms with E-state index in [1.165, 1.54) is 0 Å². The minimum absolute atomic E-state index is 0.252. The Hall–Kier alpha value is -2.83. The van der Waals surface area contributed by atoms with Gasteiger partial charge in [-0.2, -0.15) is 0 Å². The van der Waals surface area contributed by atoms with Crippen molar-refractivity contribution in [2.75, 3.05) is 29.9 Å². The molecule has 1 aromatic carbocycles. The molecule has 1 heterocycles. The van der Waals surface area contributed by atoms with Gasteiger partial charge >= 0.3 is 6.03 Å². The maximum Gasteiger partial charge on any atom is 0.330 e. The van der Waals surface area contributed by atoms with E-state index in [1.54, 1.807) is 0 Å². The van der Waals surface area contributed by atoms with Crippen LogP contribution in [0.3, 0.4) is 0 Å². The van der Waals surface area contributed by atoms with Gasteiger partial charge in [0.2, 0.25) is 11.8 Å². The molecule has 146 valence electrons. The summed E-state index contributed by atoms with van der Waals surface area (Å²) in [5.74, 6) is -2.30. The molecule has 1 fully saturated rings. The third-order valence-corrected chi connectivity index (χ3v) is 4.63. The number of nitrogens with zero attached hydrogens (tertiary/aromatic N) is 2. The lowest BCUT2D eigenvalue weighted by Gasteiger charge is -2.31. The number of benzene rings is 1. The number of hydrogen-bond acceptors (Lipinski definition) is 5. The van der Waals surface area contributed by atoms with Gasteiger partial charge < -0.3 is 10.2 Å². The van der Waals surface area contributed by atoms with Gasteiger partial charge in [0, 0.05) is 36.7 Å². The molecule has 0 spiro atoms. The summed E-state index contributed by atoms with van der Waals surface area (Å²) >= 11 is 0. The van der Waals surface area contributed by atoms with Crippen molar-refractivity contribution in [2.24, 2.45) is 5.92 Å². The van der Waals surface area contributed by atoms with Gasteiger partial charge in [0.25, 0.3) is 0 Å². The number of anilines is 2. The van der Waals surface area contributed by atoms with E-state index in [0.29, 0.717) is 6.42 Å². The predicted octanol–water partition coefficient (Wildman–Crippen LogP) is 2.95. The number of nitrogens with one attached hydrogen (secondary N) is 2. The largest absolute Gasteiger partial charge is 0.372 e. The van der Waals surface area contributed by atoms with Crippen LogP contribution in [0.5, 0.6) is 0 Å². The summed E-state index contributed by atoms with van der Waals surface area (Å²) in [6.45, 7) is 12.1. The number of imide groups is 2. The zero-order valence-electron chi connectivity index (χ0n) is 16.2. The molecule has 0 unspecified atom stereocenters. The normalized spacial score (nSPS) is 16.9. The fourth-order valence-electron chi connectivity index (χ4n) is 3.05. The fraction of sp³-hybridized carbons (Fsp3) is 0.450. The highest BCUT2D eigenvalue weighted by Gasteiger charge is 2.41. The first-order chi connectivity index (χ1) is 12.9. The maximum atomic E-state index is 12.6. The van der Waals surface area contributed by atoms with Gasteiger partial charge in [-0.1, -0.05) is 19.9 Å². The van der Waals surface area contributed by atoms with Crippen LogP contribution in [-0.2, 0) is 9.59 Å². The first-order valence-corrected chi connectivity index (χ1v) is 9.39. The molecule has 2 rings (SSSR count). The Labute approximate surface area is 160 Å².